The Balaban J connectivity index is 1.76. The molecule has 3 nitrogen and oxygen atoms in total. The van der Waals surface area contributed by atoms with Crippen LogP contribution in [0.25, 0.3) is 0 Å². The molecule has 0 saturated heterocycles. The minimum absolute atomic E-state index is 0.206. The highest BCUT2D eigenvalue weighted by Crippen LogP contribution is 2.28. The lowest BCUT2D eigenvalue weighted by Gasteiger charge is -2.22. The molecule has 1 saturated carbocycles. The van der Waals surface area contributed by atoms with Crippen LogP contribution in [0.2, 0.25) is 0 Å². The molecule has 1 fully saturated rings. The summed E-state index contributed by atoms with van der Waals surface area (Å²) in [7, 11) is 1.97. The van der Waals surface area contributed by atoms with E-state index in [0.29, 0.717) is 0 Å². The number of aromatic nitrogens is 2. The Morgan fingerprint density at radius 2 is 2.11 bits per heavy atom. The molecule has 1 aromatic heterocycles. The maximum atomic E-state index is 10.2. The molecule has 2 rings (SSSR count). The standard InChI is InChI=1S/C16H28N2O/c1-3-14-11-15(18(2)17-14)12-16(19)10-9-13-7-5-4-6-8-13/h11,13,16,19H,3-10,12H2,1-2H3. The summed E-state index contributed by atoms with van der Waals surface area (Å²) in [5.74, 6) is 0.862. The van der Waals surface area contributed by atoms with Gasteiger partial charge in [-0.3, -0.25) is 4.68 Å². The van der Waals surface area contributed by atoms with Gasteiger partial charge in [0.05, 0.1) is 11.8 Å². The Hall–Kier alpha value is -0.830. The van der Waals surface area contributed by atoms with Crippen LogP contribution in [0, 0.1) is 5.92 Å². The number of rotatable bonds is 6. The minimum atomic E-state index is -0.206. The minimum Gasteiger partial charge on any atom is -0.393 e. The second-order valence-corrected chi connectivity index (χ2v) is 6.04. The van der Waals surface area contributed by atoms with E-state index in [1.807, 2.05) is 11.7 Å². The van der Waals surface area contributed by atoms with Gasteiger partial charge >= 0.3 is 0 Å². The summed E-state index contributed by atoms with van der Waals surface area (Å²) in [6.07, 6.45) is 10.6. The summed E-state index contributed by atoms with van der Waals surface area (Å²) in [6.45, 7) is 2.12. The van der Waals surface area contributed by atoms with Gasteiger partial charge in [0, 0.05) is 19.2 Å². The van der Waals surface area contributed by atoms with E-state index >= 15 is 0 Å². The first-order chi connectivity index (χ1) is 9.19. The highest BCUT2D eigenvalue weighted by atomic mass is 16.3. The molecule has 108 valence electrons. The van der Waals surface area contributed by atoms with Gasteiger partial charge in [0.15, 0.2) is 0 Å². The molecule has 0 spiro atoms. The summed E-state index contributed by atoms with van der Waals surface area (Å²) in [6, 6.07) is 2.13. The van der Waals surface area contributed by atoms with E-state index in [2.05, 4.69) is 18.1 Å². The zero-order valence-corrected chi connectivity index (χ0v) is 12.4. The van der Waals surface area contributed by atoms with Crippen molar-refractivity contribution in [2.75, 3.05) is 0 Å². The molecular weight excluding hydrogens is 236 g/mol. The Labute approximate surface area is 117 Å². The lowest BCUT2D eigenvalue weighted by Crippen LogP contribution is -2.16. The first-order valence-electron chi connectivity index (χ1n) is 7.89. The van der Waals surface area contributed by atoms with Crippen molar-refractivity contribution in [3.8, 4) is 0 Å². The quantitative estimate of drug-likeness (QED) is 0.856. The Morgan fingerprint density at radius 1 is 1.37 bits per heavy atom. The molecular formula is C16H28N2O. The van der Waals surface area contributed by atoms with Crippen LogP contribution < -0.4 is 0 Å². The molecule has 1 heterocycles. The number of hydrogen-bond donors (Lipinski definition) is 1. The molecule has 1 atom stereocenters. The van der Waals surface area contributed by atoms with Crippen LogP contribution in [0.4, 0.5) is 0 Å². The largest absolute Gasteiger partial charge is 0.393 e. The van der Waals surface area contributed by atoms with Crippen LogP contribution >= 0.6 is 0 Å². The van der Waals surface area contributed by atoms with Crippen molar-refractivity contribution < 1.29 is 5.11 Å². The third kappa shape index (κ3) is 4.34. The lowest BCUT2D eigenvalue weighted by atomic mass is 9.85. The molecule has 0 radical (unpaired) electrons. The van der Waals surface area contributed by atoms with Crippen molar-refractivity contribution in [1.29, 1.82) is 0 Å². The van der Waals surface area contributed by atoms with E-state index < -0.39 is 0 Å². The SMILES string of the molecule is CCc1cc(CC(O)CCC2CCCCC2)n(C)n1. The first kappa shape index (κ1) is 14.6. The van der Waals surface area contributed by atoms with E-state index in [0.717, 1.165) is 36.6 Å². The predicted molar refractivity (Wildman–Crippen MR) is 78.1 cm³/mol. The van der Waals surface area contributed by atoms with Crippen molar-refractivity contribution in [1.82, 2.24) is 9.78 Å². The average molecular weight is 264 g/mol. The van der Waals surface area contributed by atoms with Crippen molar-refractivity contribution in [2.24, 2.45) is 13.0 Å². The zero-order chi connectivity index (χ0) is 13.7. The third-order valence-electron chi connectivity index (χ3n) is 4.47. The average Bonchev–Trinajstić information content (AvgIpc) is 2.78. The number of aliphatic hydroxyl groups excluding tert-OH is 1. The maximum absolute atomic E-state index is 10.2. The molecule has 1 aliphatic carbocycles. The third-order valence-corrected chi connectivity index (χ3v) is 4.47. The summed E-state index contributed by atoms with van der Waals surface area (Å²) in [5.41, 5.74) is 2.28. The summed E-state index contributed by atoms with van der Waals surface area (Å²) in [5, 5.41) is 14.6. The molecule has 0 aromatic carbocycles. The van der Waals surface area contributed by atoms with E-state index in [9.17, 15) is 5.11 Å². The van der Waals surface area contributed by atoms with Gasteiger partial charge in [-0.05, 0) is 31.2 Å². The smallest absolute Gasteiger partial charge is 0.0624 e. The predicted octanol–water partition coefficient (Wildman–Crippen LogP) is 3.25. The van der Waals surface area contributed by atoms with Gasteiger partial charge in [0.2, 0.25) is 0 Å². The number of hydrogen-bond acceptors (Lipinski definition) is 2. The van der Waals surface area contributed by atoms with Crippen LogP contribution in [0.15, 0.2) is 6.07 Å². The molecule has 1 aromatic rings. The fraction of sp³-hybridized carbons (Fsp3) is 0.812. The van der Waals surface area contributed by atoms with Crippen LogP contribution in [0.1, 0.15) is 63.3 Å². The fourth-order valence-corrected chi connectivity index (χ4v) is 3.18. The Kier molecular flexibility index (Phi) is 5.44. The monoisotopic (exact) mass is 264 g/mol. The number of nitrogens with zero attached hydrogens (tertiary/aromatic N) is 2. The highest BCUT2D eigenvalue weighted by Gasteiger charge is 2.16. The second-order valence-electron chi connectivity index (χ2n) is 6.04. The van der Waals surface area contributed by atoms with Crippen LogP contribution in [-0.2, 0) is 19.9 Å². The van der Waals surface area contributed by atoms with Crippen molar-refractivity contribution in [3.63, 3.8) is 0 Å². The molecule has 19 heavy (non-hydrogen) atoms. The molecule has 0 aliphatic heterocycles. The van der Waals surface area contributed by atoms with Gasteiger partial charge in [0.25, 0.3) is 0 Å². The van der Waals surface area contributed by atoms with Gasteiger partial charge in [-0.2, -0.15) is 5.10 Å². The van der Waals surface area contributed by atoms with E-state index in [4.69, 9.17) is 0 Å². The fourth-order valence-electron chi connectivity index (χ4n) is 3.18. The van der Waals surface area contributed by atoms with Gasteiger partial charge in [-0.1, -0.05) is 39.0 Å². The van der Waals surface area contributed by atoms with E-state index in [-0.39, 0.29) is 6.10 Å². The summed E-state index contributed by atoms with van der Waals surface area (Å²) >= 11 is 0. The Morgan fingerprint density at radius 3 is 2.74 bits per heavy atom. The van der Waals surface area contributed by atoms with Crippen LogP contribution in [-0.4, -0.2) is 21.0 Å². The van der Waals surface area contributed by atoms with Crippen molar-refractivity contribution >= 4 is 0 Å². The zero-order valence-electron chi connectivity index (χ0n) is 12.4. The van der Waals surface area contributed by atoms with Crippen LogP contribution in [0.3, 0.4) is 0 Å². The molecule has 0 amide bonds. The molecule has 0 bridgehead atoms. The van der Waals surface area contributed by atoms with Crippen molar-refractivity contribution in [3.05, 3.63) is 17.5 Å². The molecule has 3 heteroatoms. The number of aryl methyl sites for hydroxylation is 2. The normalized spacial score (nSPS) is 18.7. The molecule has 1 unspecified atom stereocenters. The van der Waals surface area contributed by atoms with Crippen LogP contribution in [0.5, 0.6) is 0 Å². The summed E-state index contributed by atoms with van der Waals surface area (Å²) < 4.78 is 1.92. The van der Waals surface area contributed by atoms with Crippen molar-refractivity contribution in [2.45, 2.75) is 70.8 Å². The second kappa shape index (κ2) is 7.09. The molecule has 1 N–H and O–H groups in total. The maximum Gasteiger partial charge on any atom is 0.0624 e. The summed E-state index contributed by atoms with van der Waals surface area (Å²) in [4.78, 5) is 0. The van der Waals surface area contributed by atoms with Gasteiger partial charge in [-0.25, -0.2) is 0 Å². The number of aliphatic hydroxyl groups is 1. The Bertz CT molecular complexity index is 380. The first-order valence-corrected chi connectivity index (χ1v) is 7.89. The van der Waals surface area contributed by atoms with Gasteiger partial charge in [-0.15, -0.1) is 0 Å². The lowest BCUT2D eigenvalue weighted by molar-refractivity contribution is 0.147. The van der Waals surface area contributed by atoms with Gasteiger partial charge < -0.3 is 5.11 Å². The van der Waals surface area contributed by atoms with E-state index in [1.165, 1.54) is 38.5 Å². The van der Waals surface area contributed by atoms with Gasteiger partial charge in [0.1, 0.15) is 0 Å². The highest BCUT2D eigenvalue weighted by molar-refractivity contribution is 5.11. The molecule has 1 aliphatic rings. The topological polar surface area (TPSA) is 38.0 Å². The van der Waals surface area contributed by atoms with E-state index in [1.54, 1.807) is 0 Å².